The lowest BCUT2D eigenvalue weighted by Gasteiger charge is -2.39. The number of rotatable bonds is 3. The molecule has 3 atom stereocenters. The van der Waals surface area contributed by atoms with E-state index < -0.39 is 0 Å². The van der Waals surface area contributed by atoms with Crippen LogP contribution in [0.25, 0.3) is 0 Å². The van der Waals surface area contributed by atoms with Crippen molar-refractivity contribution in [1.82, 2.24) is 4.90 Å². The van der Waals surface area contributed by atoms with E-state index in [1.807, 2.05) is 0 Å². The first-order valence-electron chi connectivity index (χ1n) is 6.40. The summed E-state index contributed by atoms with van der Waals surface area (Å²) in [6.45, 7) is 7.59. The second kappa shape index (κ2) is 6.23. The van der Waals surface area contributed by atoms with E-state index in [4.69, 9.17) is 17.3 Å². The highest BCUT2D eigenvalue weighted by atomic mass is 79.9. The van der Waals surface area contributed by atoms with Crippen molar-refractivity contribution in [3.05, 3.63) is 19.8 Å². The summed E-state index contributed by atoms with van der Waals surface area (Å²) >= 11 is 11.3. The first kappa shape index (κ1) is 14.8. The minimum atomic E-state index is 0.309. The van der Waals surface area contributed by atoms with Crippen molar-refractivity contribution in [3.8, 4) is 0 Å². The van der Waals surface area contributed by atoms with Gasteiger partial charge < -0.3 is 5.73 Å². The van der Waals surface area contributed by atoms with Crippen molar-refractivity contribution in [1.29, 1.82) is 0 Å². The Kier molecular flexibility index (Phi) is 5.12. The van der Waals surface area contributed by atoms with Gasteiger partial charge in [-0.3, -0.25) is 4.90 Å². The molecule has 2 nitrogen and oxygen atoms in total. The molecule has 0 radical (unpaired) electrons. The third-order valence-electron chi connectivity index (χ3n) is 3.55. The molecule has 2 N–H and O–H groups in total. The number of halogens is 2. The maximum Gasteiger partial charge on any atom is 0.107 e. The summed E-state index contributed by atoms with van der Waals surface area (Å²) < 4.78 is 1.81. The van der Waals surface area contributed by atoms with E-state index in [-0.39, 0.29) is 0 Å². The highest BCUT2D eigenvalue weighted by Crippen LogP contribution is 2.38. The monoisotopic (exact) mass is 350 g/mol. The number of likely N-dealkylation sites (tertiary alicyclic amines) is 1. The van der Waals surface area contributed by atoms with Gasteiger partial charge in [0.05, 0.1) is 6.04 Å². The second-order valence-corrected chi connectivity index (χ2v) is 7.96. The van der Waals surface area contributed by atoms with Crippen LogP contribution in [0.2, 0.25) is 4.34 Å². The van der Waals surface area contributed by atoms with Gasteiger partial charge in [-0.15, -0.1) is 11.3 Å². The molecule has 0 aliphatic carbocycles. The highest BCUT2D eigenvalue weighted by Gasteiger charge is 2.28. The third-order valence-corrected chi connectivity index (χ3v) is 6.13. The number of piperidine rings is 1. The van der Waals surface area contributed by atoms with Gasteiger partial charge >= 0.3 is 0 Å². The van der Waals surface area contributed by atoms with Crippen LogP contribution in [0.4, 0.5) is 0 Å². The highest BCUT2D eigenvalue weighted by molar-refractivity contribution is 9.10. The van der Waals surface area contributed by atoms with Crippen LogP contribution in [0.15, 0.2) is 10.5 Å². The smallest absolute Gasteiger partial charge is 0.107 e. The number of nitrogens with two attached hydrogens (primary N) is 1. The zero-order valence-electron chi connectivity index (χ0n) is 10.8. The van der Waals surface area contributed by atoms with E-state index in [9.17, 15) is 0 Å². The van der Waals surface area contributed by atoms with E-state index in [1.54, 1.807) is 11.3 Å². The molecule has 1 aliphatic rings. The van der Waals surface area contributed by atoms with E-state index in [1.165, 1.54) is 11.3 Å². The van der Waals surface area contributed by atoms with Crippen LogP contribution in [-0.4, -0.2) is 24.5 Å². The lowest BCUT2D eigenvalue weighted by atomic mass is 9.90. The Morgan fingerprint density at radius 1 is 1.50 bits per heavy atom. The summed E-state index contributed by atoms with van der Waals surface area (Å²) in [6, 6.07) is 2.43. The summed E-state index contributed by atoms with van der Waals surface area (Å²) in [6.07, 6.45) is 1.32. The van der Waals surface area contributed by atoms with Gasteiger partial charge in [0, 0.05) is 29.0 Å². The Hall–Kier alpha value is 0.390. The Balaban J connectivity index is 2.17. The zero-order valence-corrected chi connectivity index (χ0v) is 14.0. The maximum absolute atomic E-state index is 6.14. The lowest BCUT2D eigenvalue weighted by molar-refractivity contribution is 0.0999. The third kappa shape index (κ3) is 3.28. The Labute approximate surface area is 127 Å². The van der Waals surface area contributed by atoms with Crippen LogP contribution >= 0.6 is 38.9 Å². The van der Waals surface area contributed by atoms with Gasteiger partial charge in [0.1, 0.15) is 4.34 Å². The van der Waals surface area contributed by atoms with Crippen molar-refractivity contribution < 1.29 is 0 Å². The Morgan fingerprint density at radius 2 is 2.11 bits per heavy atom. The van der Waals surface area contributed by atoms with Gasteiger partial charge in [0.25, 0.3) is 0 Å². The summed E-state index contributed by atoms with van der Waals surface area (Å²) in [5.41, 5.74) is 5.99. The minimum absolute atomic E-state index is 0.309. The van der Waals surface area contributed by atoms with Crippen molar-refractivity contribution in [2.45, 2.75) is 26.3 Å². The van der Waals surface area contributed by atoms with Crippen LogP contribution in [0.1, 0.15) is 31.2 Å². The van der Waals surface area contributed by atoms with Gasteiger partial charge in [0.15, 0.2) is 0 Å². The molecule has 102 valence electrons. The molecule has 2 rings (SSSR count). The molecule has 1 aromatic rings. The molecule has 0 bridgehead atoms. The van der Waals surface area contributed by atoms with Crippen molar-refractivity contribution >= 4 is 38.9 Å². The van der Waals surface area contributed by atoms with Crippen molar-refractivity contribution in [2.75, 3.05) is 19.6 Å². The number of thiophene rings is 1. The fourth-order valence-electron chi connectivity index (χ4n) is 2.94. The normalized spacial score (nSPS) is 27.4. The van der Waals surface area contributed by atoms with Crippen molar-refractivity contribution in [3.63, 3.8) is 0 Å². The maximum atomic E-state index is 6.14. The summed E-state index contributed by atoms with van der Waals surface area (Å²) in [7, 11) is 0. The van der Waals surface area contributed by atoms with Crippen LogP contribution in [0.3, 0.4) is 0 Å². The molecule has 2 heterocycles. The van der Waals surface area contributed by atoms with Crippen LogP contribution in [0, 0.1) is 11.8 Å². The summed E-state index contributed by atoms with van der Waals surface area (Å²) in [5.74, 6) is 1.50. The Bertz CT molecular complexity index is 380. The average molecular weight is 352 g/mol. The first-order chi connectivity index (χ1) is 8.51. The van der Waals surface area contributed by atoms with Gasteiger partial charge in [-0.2, -0.15) is 0 Å². The standard InChI is InChI=1S/C13H20BrClN2S/c1-8-3-9(2)7-17(6-8)11(5-16)12-4-10(14)13(15)18-12/h4,8-9,11H,3,5-7,16H2,1-2H3. The SMILES string of the molecule is CC1CC(C)CN(C(CN)c2cc(Br)c(Cl)s2)C1. The van der Waals surface area contributed by atoms with Gasteiger partial charge in [-0.1, -0.05) is 25.4 Å². The minimum Gasteiger partial charge on any atom is -0.329 e. The van der Waals surface area contributed by atoms with E-state index >= 15 is 0 Å². The van der Waals surface area contributed by atoms with Crippen LogP contribution in [-0.2, 0) is 0 Å². The predicted molar refractivity (Wildman–Crippen MR) is 83.3 cm³/mol. The predicted octanol–water partition coefficient (Wildman–Crippen LogP) is 4.14. The van der Waals surface area contributed by atoms with Gasteiger partial charge in [-0.05, 0) is 40.3 Å². The van der Waals surface area contributed by atoms with Crippen LogP contribution in [0.5, 0.6) is 0 Å². The molecular weight excluding hydrogens is 332 g/mol. The summed E-state index contributed by atoms with van der Waals surface area (Å²) in [5, 5.41) is 0. The summed E-state index contributed by atoms with van der Waals surface area (Å²) in [4.78, 5) is 3.80. The van der Waals surface area contributed by atoms with Gasteiger partial charge in [0.2, 0.25) is 0 Å². The number of hydrogen-bond acceptors (Lipinski definition) is 3. The molecule has 0 spiro atoms. The van der Waals surface area contributed by atoms with Gasteiger partial charge in [-0.25, -0.2) is 0 Å². The van der Waals surface area contributed by atoms with Crippen LogP contribution < -0.4 is 5.73 Å². The molecule has 1 aliphatic heterocycles. The second-order valence-electron chi connectivity index (χ2n) is 5.42. The number of hydrogen-bond donors (Lipinski definition) is 1. The molecule has 0 saturated carbocycles. The molecule has 5 heteroatoms. The van der Waals surface area contributed by atoms with E-state index in [0.717, 1.165) is 33.7 Å². The number of nitrogens with zero attached hydrogens (tertiary/aromatic N) is 1. The zero-order chi connectivity index (χ0) is 13.3. The van der Waals surface area contributed by atoms with Crippen molar-refractivity contribution in [2.24, 2.45) is 17.6 Å². The van der Waals surface area contributed by atoms with E-state index in [2.05, 4.69) is 40.7 Å². The fourth-order valence-corrected chi connectivity index (χ4v) is 4.82. The molecule has 18 heavy (non-hydrogen) atoms. The molecular formula is C13H20BrClN2S. The molecule has 1 aromatic heterocycles. The topological polar surface area (TPSA) is 29.3 Å². The lowest BCUT2D eigenvalue weighted by Crippen LogP contribution is -2.43. The molecule has 3 unspecified atom stereocenters. The Morgan fingerprint density at radius 3 is 2.56 bits per heavy atom. The largest absolute Gasteiger partial charge is 0.329 e. The molecule has 1 fully saturated rings. The quantitative estimate of drug-likeness (QED) is 0.886. The molecule has 0 aromatic carbocycles. The molecule has 1 saturated heterocycles. The average Bonchev–Trinajstić information content (AvgIpc) is 2.58. The van der Waals surface area contributed by atoms with E-state index in [0.29, 0.717) is 12.6 Å². The molecule has 0 amide bonds. The fraction of sp³-hybridized carbons (Fsp3) is 0.692. The first-order valence-corrected chi connectivity index (χ1v) is 8.38.